The lowest BCUT2D eigenvalue weighted by Crippen LogP contribution is -2.10. The van der Waals surface area contributed by atoms with Gasteiger partial charge in [0, 0.05) is 0 Å². The third kappa shape index (κ3) is 15.7. The molecule has 0 saturated carbocycles. The van der Waals surface area contributed by atoms with Gasteiger partial charge in [0.05, 0.1) is 6.10 Å². The maximum absolute atomic E-state index is 8.75. The standard InChI is InChI=1S/C6H15NO.C2H6/c1-6(8)4-3-5-7-2;1-2/h6-8H,3-5H2,1-2H3;1-2H3. The second-order valence-corrected chi connectivity index (χ2v) is 2.09. The zero-order valence-corrected chi connectivity index (χ0v) is 7.65. The minimum absolute atomic E-state index is 0.136. The van der Waals surface area contributed by atoms with Crippen molar-refractivity contribution in [3.8, 4) is 0 Å². The molecule has 0 aromatic rings. The van der Waals surface area contributed by atoms with Crippen molar-refractivity contribution in [2.45, 2.75) is 39.7 Å². The van der Waals surface area contributed by atoms with Gasteiger partial charge in [0.15, 0.2) is 0 Å². The average Bonchev–Trinajstić information content (AvgIpc) is 1.92. The number of hydrogen-bond acceptors (Lipinski definition) is 2. The molecule has 1 atom stereocenters. The highest BCUT2D eigenvalue weighted by atomic mass is 16.3. The fourth-order valence-electron chi connectivity index (χ4n) is 0.574. The van der Waals surface area contributed by atoms with Crippen molar-refractivity contribution in [3.05, 3.63) is 0 Å². The Morgan fingerprint density at radius 1 is 1.40 bits per heavy atom. The maximum Gasteiger partial charge on any atom is 0.0512 e. The first-order valence-corrected chi connectivity index (χ1v) is 4.10. The van der Waals surface area contributed by atoms with Crippen molar-refractivity contribution in [1.82, 2.24) is 5.32 Å². The van der Waals surface area contributed by atoms with E-state index in [0.29, 0.717) is 0 Å². The van der Waals surface area contributed by atoms with Gasteiger partial charge in [0.25, 0.3) is 0 Å². The number of nitrogens with one attached hydrogen (secondary N) is 1. The van der Waals surface area contributed by atoms with E-state index in [-0.39, 0.29) is 6.10 Å². The van der Waals surface area contributed by atoms with Gasteiger partial charge in [-0.2, -0.15) is 0 Å². The molecule has 0 rings (SSSR count). The molecular formula is C8H21NO. The molecule has 0 aromatic carbocycles. The largest absolute Gasteiger partial charge is 0.393 e. The summed E-state index contributed by atoms with van der Waals surface area (Å²) >= 11 is 0. The highest BCUT2D eigenvalue weighted by Crippen LogP contribution is 1.92. The van der Waals surface area contributed by atoms with Crippen LogP contribution in [0.5, 0.6) is 0 Å². The topological polar surface area (TPSA) is 32.3 Å². The van der Waals surface area contributed by atoms with Gasteiger partial charge in [-0.05, 0) is 33.4 Å². The molecule has 0 radical (unpaired) electrons. The number of aliphatic hydroxyl groups is 1. The average molecular weight is 147 g/mol. The zero-order chi connectivity index (χ0) is 8.41. The van der Waals surface area contributed by atoms with Crippen molar-refractivity contribution in [1.29, 1.82) is 0 Å². The van der Waals surface area contributed by atoms with Crippen LogP contribution >= 0.6 is 0 Å². The fourth-order valence-corrected chi connectivity index (χ4v) is 0.574. The zero-order valence-electron chi connectivity index (χ0n) is 7.65. The molecule has 2 heteroatoms. The van der Waals surface area contributed by atoms with Gasteiger partial charge in [0.1, 0.15) is 0 Å². The molecule has 2 N–H and O–H groups in total. The summed E-state index contributed by atoms with van der Waals surface area (Å²) in [5.74, 6) is 0. The molecule has 0 saturated heterocycles. The number of rotatable bonds is 4. The smallest absolute Gasteiger partial charge is 0.0512 e. The van der Waals surface area contributed by atoms with E-state index in [1.54, 1.807) is 0 Å². The summed E-state index contributed by atoms with van der Waals surface area (Å²) in [7, 11) is 1.92. The second kappa shape index (κ2) is 11.7. The molecule has 10 heavy (non-hydrogen) atoms. The molecule has 0 aliphatic rings. The third-order valence-electron chi connectivity index (χ3n) is 1.05. The highest BCUT2D eigenvalue weighted by Gasteiger charge is 1.91. The highest BCUT2D eigenvalue weighted by molar-refractivity contribution is 4.47. The van der Waals surface area contributed by atoms with Crippen LogP contribution in [-0.2, 0) is 0 Å². The second-order valence-electron chi connectivity index (χ2n) is 2.09. The fraction of sp³-hybridized carbons (Fsp3) is 1.00. The van der Waals surface area contributed by atoms with Gasteiger partial charge in [-0.15, -0.1) is 0 Å². The van der Waals surface area contributed by atoms with E-state index in [4.69, 9.17) is 5.11 Å². The third-order valence-corrected chi connectivity index (χ3v) is 1.05. The molecule has 0 bridgehead atoms. The van der Waals surface area contributed by atoms with E-state index in [0.717, 1.165) is 19.4 Å². The molecule has 0 aliphatic carbocycles. The van der Waals surface area contributed by atoms with Gasteiger partial charge >= 0.3 is 0 Å². The van der Waals surface area contributed by atoms with E-state index >= 15 is 0 Å². The quantitative estimate of drug-likeness (QED) is 0.589. The van der Waals surface area contributed by atoms with Crippen molar-refractivity contribution in [2.24, 2.45) is 0 Å². The van der Waals surface area contributed by atoms with Crippen LogP contribution in [-0.4, -0.2) is 24.8 Å². The Kier molecular flexibility index (Phi) is 14.7. The maximum atomic E-state index is 8.75. The summed E-state index contributed by atoms with van der Waals surface area (Å²) < 4.78 is 0. The lowest BCUT2D eigenvalue weighted by atomic mass is 10.2. The van der Waals surface area contributed by atoms with Crippen molar-refractivity contribution in [2.75, 3.05) is 13.6 Å². The van der Waals surface area contributed by atoms with Crippen LogP contribution in [0.3, 0.4) is 0 Å². The number of aliphatic hydroxyl groups excluding tert-OH is 1. The van der Waals surface area contributed by atoms with Crippen molar-refractivity contribution < 1.29 is 5.11 Å². The van der Waals surface area contributed by atoms with Gasteiger partial charge in [-0.25, -0.2) is 0 Å². The molecule has 2 nitrogen and oxygen atoms in total. The summed E-state index contributed by atoms with van der Waals surface area (Å²) in [6.07, 6.45) is 1.83. The first-order valence-electron chi connectivity index (χ1n) is 4.10. The van der Waals surface area contributed by atoms with E-state index in [2.05, 4.69) is 5.32 Å². The minimum Gasteiger partial charge on any atom is -0.393 e. The predicted octanol–water partition coefficient (Wildman–Crippen LogP) is 1.39. The Morgan fingerprint density at radius 3 is 2.20 bits per heavy atom. The molecule has 1 unspecified atom stereocenters. The number of hydrogen-bond donors (Lipinski definition) is 2. The van der Waals surface area contributed by atoms with Crippen LogP contribution in [0, 0.1) is 0 Å². The van der Waals surface area contributed by atoms with Crippen molar-refractivity contribution in [3.63, 3.8) is 0 Å². The van der Waals surface area contributed by atoms with Gasteiger partial charge in [-0.1, -0.05) is 13.8 Å². The van der Waals surface area contributed by atoms with Crippen LogP contribution in [0.15, 0.2) is 0 Å². The lowest BCUT2D eigenvalue weighted by molar-refractivity contribution is 0.181. The molecule has 0 aromatic heterocycles. The van der Waals surface area contributed by atoms with Gasteiger partial charge in [0.2, 0.25) is 0 Å². The van der Waals surface area contributed by atoms with E-state index in [1.165, 1.54) is 0 Å². The predicted molar refractivity (Wildman–Crippen MR) is 46.2 cm³/mol. The van der Waals surface area contributed by atoms with Crippen molar-refractivity contribution >= 4 is 0 Å². The lowest BCUT2D eigenvalue weighted by Gasteiger charge is -2.01. The van der Waals surface area contributed by atoms with Crippen LogP contribution in [0.4, 0.5) is 0 Å². The first kappa shape index (κ1) is 12.6. The molecule has 64 valence electrons. The summed E-state index contributed by atoms with van der Waals surface area (Å²) in [6, 6.07) is 0. The molecule has 0 amide bonds. The summed E-state index contributed by atoms with van der Waals surface area (Å²) in [5, 5.41) is 11.8. The molecular weight excluding hydrogens is 126 g/mol. The van der Waals surface area contributed by atoms with Crippen LogP contribution < -0.4 is 5.32 Å². The minimum atomic E-state index is -0.136. The normalized spacial score (nSPS) is 11.7. The summed E-state index contributed by atoms with van der Waals surface area (Å²) in [6.45, 7) is 6.82. The Hall–Kier alpha value is -0.0800. The Labute approximate surface area is 64.6 Å². The van der Waals surface area contributed by atoms with E-state index in [9.17, 15) is 0 Å². The monoisotopic (exact) mass is 147 g/mol. The van der Waals surface area contributed by atoms with Gasteiger partial charge in [-0.3, -0.25) is 0 Å². The molecule has 0 spiro atoms. The molecule has 0 aliphatic heterocycles. The Morgan fingerprint density at radius 2 is 1.90 bits per heavy atom. The summed E-state index contributed by atoms with van der Waals surface area (Å²) in [4.78, 5) is 0. The Bertz CT molecular complexity index is 46.5. The van der Waals surface area contributed by atoms with E-state index < -0.39 is 0 Å². The van der Waals surface area contributed by atoms with E-state index in [1.807, 2.05) is 27.8 Å². The summed E-state index contributed by atoms with van der Waals surface area (Å²) in [5.41, 5.74) is 0. The van der Waals surface area contributed by atoms with Crippen LogP contribution in [0.1, 0.15) is 33.6 Å². The Balaban J connectivity index is 0. The van der Waals surface area contributed by atoms with Crippen LogP contribution in [0.2, 0.25) is 0 Å². The van der Waals surface area contributed by atoms with Gasteiger partial charge < -0.3 is 10.4 Å². The molecule has 0 fully saturated rings. The molecule has 0 heterocycles. The first-order chi connectivity index (χ1) is 4.77. The van der Waals surface area contributed by atoms with Crippen LogP contribution in [0.25, 0.3) is 0 Å². The SMILES string of the molecule is CC.CNCCCC(C)O.